The van der Waals surface area contributed by atoms with Crippen LogP contribution in [-0.4, -0.2) is 40.6 Å². The number of benzene rings is 1. The molecule has 1 aromatic heterocycles. The smallest absolute Gasteiger partial charge is 0.330 e. The van der Waals surface area contributed by atoms with Crippen molar-refractivity contribution in [2.24, 2.45) is 5.92 Å². The zero-order chi connectivity index (χ0) is 22.4. The first-order chi connectivity index (χ1) is 14.2. The van der Waals surface area contributed by atoms with Crippen LogP contribution in [0.25, 0.3) is 0 Å². The third-order valence-corrected chi connectivity index (χ3v) is 4.38. The Labute approximate surface area is 172 Å². The van der Waals surface area contributed by atoms with Crippen molar-refractivity contribution in [3.8, 4) is 0 Å². The van der Waals surface area contributed by atoms with Crippen molar-refractivity contribution in [2.75, 3.05) is 30.9 Å². The molecule has 0 fully saturated rings. The molecule has 3 N–H and O–H groups in total. The topological polar surface area (TPSA) is 154 Å². The van der Waals surface area contributed by atoms with E-state index in [9.17, 15) is 24.5 Å². The highest BCUT2D eigenvalue weighted by Crippen LogP contribution is 2.22. The van der Waals surface area contributed by atoms with Crippen LogP contribution < -0.4 is 21.9 Å². The fourth-order valence-corrected chi connectivity index (χ4v) is 3.03. The summed E-state index contributed by atoms with van der Waals surface area (Å²) in [6, 6.07) is 5.85. The molecule has 1 amide bonds. The predicted molar refractivity (Wildman–Crippen MR) is 112 cm³/mol. The van der Waals surface area contributed by atoms with Gasteiger partial charge in [0.2, 0.25) is 5.91 Å². The number of carbonyl (C=O) groups excluding carboxylic acids is 1. The number of carbonyl (C=O) groups is 1. The lowest BCUT2D eigenvalue weighted by molar-refractivity contribution is -0.385. The van der Waals surface area contributed by atoms with E-state index in [1.807, 2.05) is 13.8 Å². The van der Waals surface area contributed by atoms with E-state index in [2.05, 4.69) is 4.98 Å². The Morgan fingerprint density at radius 1 is 1.33 bits per heavy atom. The highest BCUT2D eigenvalue weighted by molar-refractivity contribution is 5.97. The lowest BCUT2D eigenvalue weighted by atomic mass is 10.1. The Hall–Kier alpha value is -3.47. The predicted octanol–water partition coefficient (Wildman–Crippen LogP) is 0.905. The van der Waals surface area contributed by atoms with Crippen LogP contribution in [0.15, 0.2) is 33.9 Å². The average molecular weight is 419 g/mol. The fourth-order valence-electron chi connectivity index (χ4n) is 3.03. The average Bonchev–Trinajstić information content (AvgIpc) is 2.67. The number of amides is 1. The van der Waals surface area contributed by atoms with Gasteiger partial charge < -0.3 is 15.4 Å². The first kappa shape index (κ1) is 22.8. The van der Waals surface area contributed by atoms with Gasteiger partial charge in [0, 0.05) is 31.8 Å². The first-order valence-electron chi connectivity index (χ1n) is 9.31. The molecule has 1 aromatic carbocycles. The molecule has 0 unspecified atom stereocenters. The van der Waals surface area contributed by atoms with Gasteiger partial charge in [-0.2, -0.15) is 0 Å². The number of nitrogen functional groups attached to an aromatic ring is 1. The highest BCUT2D eigenvalue weighted by Gasteiger charge is 2.26. The van der Waals surface area contributed by atoms with Gasteiger partial charge in [-0.05, 0) is 5.92 Å². The molecule has 0 aliphatic carbocycles. The fraction of sp³-hybridized carbons (Fsp3) is 0.421. The molecule has 0 atom stereocenters. The van der Waals surface area contributed by atoms with Gasteiger partial charge in [0.05, 0.1) is 18.0 Å². The van der Waals surface area contributed by atoms with Crippen molar-refractivity contribution in [3.05, 3.63) is 60.8 Å². The number of methoxy groups -OCH3 is 1. The molecule has 0 saturated carbocycles. The third-order valence-electron chi connectivity index (χ3n) is 4.38. The van der Waals surface area contributed by atoms with Crippen LogP contribution in [0.4, 0.5) is 17.2 Å². The lowest BCUT2D eigenvalue weighted by Gasteiger charge is -2.24. The second-order valence-electron chi connectivity index (χ2n) is 7.10. The van der Waals surface area contributed by atoms with E-state index in [1.54, 1.807) is 6.07 Å². The second-order valence-corrected chi connectivity index (χ2v) is 7.10. The maximum Gasteiger partial charge on any atom is 0.330 e. The Morgan fingerprint density at radius 3 is 2.60 bits per heavy atom. The molecule has 2 aromatic rings. The number of aromatic nitrogens is 2. The summed E-state index contributed by atoms with van der Waals surface area (Å²) < 4.78 is 6.22. The molecule has 0 radical (unpaired) electrons. The number of nitro benzene ring substituents is 1. The lowest BCUT2D eigenvalue weighted by Crippen LogP contribution is -2.43. The number of hydrogen-bond donors (Lipinski definition) is 2. The van der Waals surface area contributed by atoms with Gasteiger partial charge in [-0.3, -0.25) is 29.3 Å². The van der Waals surface area contributed by atoms with Crippen LogP contribution >= 0.6 is 0 Å². The molecule has 30 heavy (non-hydrogen) atoms. The van der Waals surface area contributed by atoms with Crippen molar-refractivity contribution < 1.29 is 14.5 Å². The number of ether oxygens (including phenoxy) is 1. The maximum atomic E-state index is 13.1. The van der Waals surface area contributed by atoms with Crippen LogP contribution in [0, 0.1) is 16.0 Å². The van der Waals surface area contributed by atoms with Gasteiger partial charge in [-0.15, -0.1) is 0 Å². The number of nitrogens with one attached hydrogen (secondary N) is 1. The first-order valence-corrected chi connectivity index (χ1v) is 9.31. The minimum absolute atomic E-state index is 0.0247. The quantitative estimate of drug-likeness (QED) is 0.452. The molecular weight excluding hydrogens is 394 g/mol. The van der Waals surface area contributed by atoms with E-state index in [0.29, 0.717) is 0 Å². The number of rotatable bonds is 9. The molecule has 162 valence electrons. The number of para-hydroxylation sites is 1. The summed E-state index contributed by atoms with van der Waals surface area (Å²) >= 11 is 0. The maximum absolute atomic E-state index is 13.1. The Morgan fingerprint density at radius 2 is 2.00 bits per heavy atom. The molecule has 1 heterocycles. The molecule has 2 rings (SSSR count). The Balaban J connectivity index is 2.53. The molecule has 0 spiro atoms. The van der Waals surface area contributed by atoms with Gasteiger partial charge in [-0.25, -0.2) is 4.79 Å². The number of nitrogens with two attached hydrogens (primary N) is 1. The normalized spacial score (nSPS) is 10.9. The summed E-state index contributed by atoms with van der Waals surface area (Å²) in [6.45, 7) is 4.05. The summed E-state index contributed by atoms with van der Waals surface area (Å²) in [4.78, 5) is 51.8. The molecule has 11 heteroatoms. The summed E-state index contributed by atoms with van der Waals surface area (Å²) in [5.74, 6) is -0.684. The molecule has 0 aliphatic rings. The summed E-state index contributed by atoms with van der Waals surface area (Å²) in [7, 11) is 1.43. The number of nitro groups is 1. The van der Waals surface area contributed by atoms with Crippen LogP contribution in [0.3, 0.4) is 0 Å². The summed E-state index contributed by atoms with van der Waals surface area (Å²) in [5.41, 5.74) is 4.43. The Bertz CT molecular complexity index is 1040. The van der Waals surface area contributed by atoms with E-state index < -0.39 is 22.1 Å². The van der Waals surface area contributed by atoms with Crippen molar-refractivity contribution in [1.82, 2.24) is 9.55 Å². The van der Waals surface area contributed by atoms with Crippen LogP contribution in [0.1, 0.15) is 19.4 Å². The van der Waals surface area contributed by atoms with Crippen molar-refractivity contribution in [1.29, 1.82) is 0 Å². The van der Waals surface area contributed by atoms with Crippen molar-refractivity contribution in [3.63, 3.8) is 0 Å². The van der Waals surface area contributed by atoms with Crippen molar-refractivity contribution in [2.45, 2.75) is 26.8 Å². The van der Waals surface area contributed by atoms with Gasteiger partial charge in [-0.1, -0.05) is 32.0 Å². The standard InChI is InChI=1S/C19H25N5O6/c1-12(2)11-23-17(20)16(18(26)21-19(23)27)22(8-9-30-3)15(25)10-13-6-4-5-7-14(13)24(28)29/h4-7,12H,8-11,20H2,1-3H3,(H,21,26,27). The van der Waals surface area contributed by atoms with Crippen molar-refractivity contribution >= 4 is 23.1 Å². The second kappa shape index (κ2) is 9.83. The number of hydrogen-bond acceptors (Lipinski definition) is 7. The SMILES string of the molecule is COCCN(C(=O)Cc1ccccc1[N+](=O)[O-])c1c(N)n(CC(C)C)c(=O)[nH]c1=O. The van der Waals surface area contributed by atoms with Crippen LogP contribution in [0.2, 0.25) is 0 Å². The van der Waals surface area contributed by atoms with Gasteiger partial charge in [0.1, 0.15) is 5.82 Å². The Kier molecular flexibility index (Phi) is 7.48. The van der Waals surface area contributed by atoms with Crippen LogP contribution in [0.5, 0.6) is 0 Å². The monoisotopic (exact) mass is 419 g/mol. The summed E-state index contributed by atoms with van der Waals surface area (Å²) in [6.07, 6.45) is -0.330. The van der Waals surface area contributed by atoms with Gasteiger partial charge in [0.25, 0.3) is 11.2 Å². The van der Waals surface area contributed by atoms with E-state index in [4.69, 9.17) is 10.5 Å². The number of anilines is 2. The molecule has 0 bridgehead atoms. The molecule has 0 aliphatic heterocycles. The van der Waals surface area contributed by atoms with E-state index in [1.165, 1.54) is 29.9 Å². The number of nitrogens with zero attached hydrogens (tertiary/aromatic N) is 3. The molecular formula is C19H25N5O6. The van der Waals surface area contributed by atoms with Crippen LogP contribution in [-0.2, 0) is 22.5 Å². The van der Waals surface area contributed by atoms with E-state index in [0.717, 1.165) is 4.90 Å². The number of aromatic amines is 1. The van der Waals surface area contributed by atoms with Gasteiger partial charge in [0.15, 0.2) is 5.69 Å². The zero-order valence-corrected chi connectivity index (χ0v) is 17.1. The van der Waals surface area contributed by atoms with E-state index >= 15 is 0 Å². The molecule has 11 nitrogen and oxygen atoms in total. The minimum Gasteiger partial charge on any atom is -0.383 e. The zero-order valence-electron chi connectivity index (χ0n) is 17.1. The summed E-state index contributed by atoms with van der Waals surface area (Å²) in [5, 5.41) is 11.3. The third kappa shape index (κ3) is 5.11. The van der Waals surface area contributed by atoms with E-state index in [-0.39, 0.29) is 54.8 Å². The minimum atomic E-state index is -0.815. The molecule has 0 saturated heterocycles. The highest BCUT2D eigenvalue weighted by atomic mass is 16.6. The van der Waals surface area contributed by atoms with Gasteiger partial charge >= 0.3 is 5.69 Å². The number of H-pyrrole nitrogens is 1. The largest absolute Gasteiger partial charge is 0.383 e.